The lowest BCUT2D eigenvalue weighted by Gasteiger charge is -2.20. The maximum Gasteiger partial charge on any atom is 0.191 e. The van der Waals surface area contributed by atoms with E-state index in [-0.39, 0.29) is 48.2 Å². The fourth-order valence-electron chi connectivity index (χ4n) is 2.45. The van der Waals surface area contributed by atoms with E-state index in [1.165, 1.54) is 18.9 Å². The molecule has 1 aromatic carbocycles. The van der Waals surface area contributed by atoms with Gasteiger partial charge in [-0.3, -0.25) is 4.99 Å². The molecule has 0 saturated heterocycles. The Kier molecular flexibility index (Phi) is 12.4. The summed E-state index contributed by atoms with van der Waals surface area (Å²) in [7, 11) is 0. The van der Waals surface area contributed by atoms with Crippen molar-refractivity contribution in [2.75, 3.05) is 32.8 Å². The lowest BCUT2D eigenvalue weighted by molar-refractivity contribution is 0.0368. The average molecular weight is 509 g/mol. The first-order chi connectivity index (χ1) is 13.1. The second-order valence-electron chi connectivity index (χ2n) is 6.81. The third-order valence-corrected chi connectivity index (χ3v) is 4.25. The number of aliphatic hydroxyl groups excluding tert-OH is 1. The van der Waals surface area contributed by atoms with Crippen LogP contribution in [0.2, 0.25) is 0 Å². The normalized spacial score (nSPS) is 16.1. The zero-order chi connectivity index (χ0) is 19.5. The number of para-hydroxylation sites is 1. The van der Waals surface area contributed by atoms with Gasteiger partial charge in [-0.25, -0.2) is 4.39 Å². The minimum Gasteiger partial charge on any atom is -0.486 e. The van der Waals surface area contributed by atoms with Crippen LogP contribution in [0, 0.1) is 11.7 Å². The molecule has 28 heavy (non-hydrogen) atoms. The van der Waals surface area contributed by atoms with Crippen LogP contribution in [-0.4, -0.2) is 56.1 Å². The van der Waals surface area contributed by atoms with Crippen LogP contribution < -0.4 is 15.4 Å². The number of guanidine groups is 1. The topological polar surface area (TPSA) is 75.1 Å². The Balaban J connectivity index is 0.00000392. The minimum atomic E-state index is -0.629. The van der Waals surface area contributed by atoms with Crippen molar-refractivity contribution in [3.8, 4) is 5.75 Å². The Labute approximate surface area is 184 Å². The van der Waals surface area contributed by atoms with Crippen LogP contribution in [0.5, 0.6) is 5.75 Å². The third kappa shape index (κ3) is 9.88. The third-order valence-electron chi connectivity index (χ3n) is 4.25. The number of rotatable bonds is 12. The molecule has 1 aromatic rings. The fourth-order valence-corrected chi connectivity index (χ4v) is 2.45. The van der Waals surface area contributed by atoms with Crippen molar-refractivity contribution in [2.24, 2.45) is 10.9 Å². The first kappa shape index (κ1) is 24.9. The zero-order valence-electron chi connectivity index (χ0n) is 16.7. The summed E-state index contributed by atoms with van der Waals surface area (Å²) in [5, 5.41) is 16.3. The standard InChI is InChI=1S/C20H32FN3O3.HI/c1-3-17(27-19-8-6-5-7-18(19)21)12-24-20(22-4-2)23-11-16(25)14-26-13-15-9-10-15;/h5-8,15-17,25H,3-4,9-14H2,1-2H3,(H2,22,23,24);1H. The molecule has 0 spiro atoms. The molecule has 2 atom stereocenters. The maximum atomic E-state index is 13.7. The number of nitrogens with zero attached hydrogens (tertiary/aromatic N) is 1. The van der Waals surface area contributed by atoms with Gasteiger partial charge in [-0.1, -0.05) is 19.1 Å². The van der Waals surface area contributed by atoms with Crippen molar-refractivity contribution >= 4 is 29.9 Å². The summed E-state index contributed by atoms with van der Waals surface area (Å²) in [4.78, 5) is 4.39. The van der Waals surface area contributed by atoms with Crippen molar-refractivity contribution in [1.29, 1.82) is 0 Å². The quantitative estimate of drug-likeness (QED) is 0.230. The van der Waals surface area contributed by atoms with E-state index < -0.39 is 6.10 Å². The zero-order valence-corrected chi connectivity index (χ0v) is 19.0. The molecule has 0 radical (unpaired) electrons. The van der Waals surface area contributed by atoms with E-state index in [0.29, 0.717) is 31.6 Å². The van der Waals surface area contributed by atoms with E-state index in [4.69, 9.17) is 9.47 Å². The Morgan fingerprint density at radius 3 is 2.68 bits per heavy atom. The molecule has 1 fully saturated rings. The molecule has 0 amide bonds. The molecular weight excluding hydrogens is 476 g/mol. The van der Waals surface area contributed by atoms with Crippen LogP contribution in [0.15, 0.2) is 29.3 Å². The van der Waals surface area contributed by atoms with E-state index >= 15 is 0 Å². The van der Waals surface area contributed by atoms with Crippen LogP contribution in [0.3, 0.4) is 0 Å². The summed E-state index contributed by atoms with van der Waals surface area (Å²) in [5.41, 5.74) is 0. The van der Waals surface area contributed by atoms with Gasteiger partial charge in [0.25, 0.3) is 0 Å². The van der Waals surface area contributed by atoms with Crippen molar-refractivity contribution in [1.82, 2.24) is 10.6 Å². The van der Waals surface area contributed by atoms with Gasteiger partial charge in [-0.15, -0.1) is 24.0 Å². The van der Waals surface area contributed by atoms with Crippen molar-refractivity contribution < 1.29 is 19.0 Å². The predicted molar refractivity (Wildman–Crippen MR) is 120 cm³/mol. The van der Waals surface area contributed by atoms with Crippen molar-refractivity contribution in [2.45, 2.75) is 45.3 Å². The van der Waals surface area contributed by atoms with Crippen molar-refractivity contribution in [3.63, 3.8) is 0 Å². The molecule has 1 saturated carbocycles. The van der Waals surface area contributed by atoms with Gasteiger partial charge < -0.3 is 25.2 Å². The number of hydrogen-bond acceptors (Lipinski definition) is 4. The summed E-state index contributed by atoms with van der Waals surface area (Å²) < 4.78 is 25.0. The summed E-state index contributed by atoms with van der Waals surface area (Å²) in [5.74, 6) is 1.15. The smallest absolute Gasteiger partial charge is 0.191 e. The predicted octanol–water partition coefficient (Wildman–Crippen LogP) is 2.94. The van der Waals surface area contributed by atoms with E-state index in [1.807, 2.05) is 13.8 Å². The molecule has 160 valence electrons. The SMILES string of the molecule is CCNC(=NCC(O)COCC1CC1)NCC(CC)Oc1ccccc1F.I. The molecular formula is C20H33FIN3O3. The van der Waals surface area contributed by atoms with Crippen LogP contribution in [0.25, 0.3) is 0 Å². The van der Waals surface area contributed by atoms with Gasteiger partial charge in [0, 0.05) is 13.2 Å². The second-order valence-corrected chi connectivity index (χ2v) is 6.81. The van der Waals surface area contributed by atoms with E-state index in [2.05, 4.69) is 15.6 Å². The Hall–Kier alpha value is -1.13. The molecule has 8 heteroatoms. The van der Waals surface area contributed by atoms with Crippen LogP contribution >= 0.6 is 24.0 Å². The highest BCUT2D eigenvalue weighted by atomic mass is 127. The Bertz CT molecular complexity index is 588. The van der Waals surface area contributed by atoms with Crippen LogP contribution in [0.4, 0.5) is 4.39 Å². The van der Waals surface area contributed by atoms with Gasteiger partial charge in [0.05, 0.1) is 25.8 Å². The fraction of sp³-hybridized carbons (Fsp3) is 0.650. The second kappa shape index (κ2) is 13.9. The summed E-state index contributed by atoms with van der Waals surface area (Å²) in [6, 6.07) is 6.39. The summed E-state index contributed by atoms with van der Waals surface area (Å²) in [6.45, 7) is 6.41. The monoisotopic (exact) mass is 509 g/mol. The number of ether oxygens (including phenoxy) is 2. The average Bonchev–Trinajstić information content (AvgIpc) is 3.48. The molecule has 1 aliphatic rings. The van der Waals surface area contributed by atoms with Crippen LogP contribution in [0.1, 0.15) is 33.1 Å². The highest BCUT2D eigenvalue weighted by Crippen LogP contribution is 2.28. The Morgan fingerprint density at radius 2 is 2.04 bits per heavy atom. The highest BCUT2D eigenvalue weighted by Gasteiger charge is 2.21. The number of hydrogen-bond donors (Lipinski definition) is 3. The van der Waals surface area contributed by atoms with E-state index in [9.17, 15) is 9.50 Å². The number of benzene rings is 1. The minimum absolute atomic E-state index is 0. The number of aliphatic hydroxyl groups is 1. The van der Waals surface area contributed by atoms with Gasteiger partial charge in [0.1, 0.15) is 6.10 Å². The number of nitrogens with one attached hydrogen (secondary N) is 2. The van der Waals surface area contributed by atoms with Gasteiger partial charge in [0.15, 0.2) is 17.5 Å². The lowest BCUT2D eigenvalue weighted by Crippen LogP contribution is -2.43. The number of aliphatic imine (C=N–C) groups is 1. The van der Waals surface area contributed by atoms with E-state index in [0.717, 1.165) is 13.0 Å². The first-order valence-electron chi connectivity index (χ1n) is 9.81. The molecule has 6 nitrogen and oxygen atoms in total. The molecule has 2 rings (SSSR count). The van der Waals surface area contributed by atoms with Crippen molar-refractivity contribution in [3.05, 3.63) is 30.1 Å². The number of halogens is 2. The molecule has 3 N–H and O–H groups in total. The molecule has 0 heterocycles. The van der Waals surface area contributed by atoms with Crippen LogP contribution in [-0.2, 0) is 4.74 Å². The molecule has 0 aromatic heterocycles. The molecule has 0 bridgehead atoms. The van der Waals surface area contributed by atoms with Gasteiger partial charge in [-0.2, -0.15) is 0 Å². The van der Waals surface area contributed by atoms with E-state index in [1.54, 1.807) is 18.2 Å². The Morgan fingerprint density at radius 1 is 1.29 bits per heavy atom. The molecule has 1 aliphatic carbocycles. The molecule has 2 unspecified atom stereocenters. The first-order valence-corrected chi connectivity index (χ1v) is 9.81. The highest BCUT2D eigenvalue weighted by molar-refractivity contribution is 14.0. The summed E-state index contributed by atoms with van der Waals surface area (Å²) in [6.07, 6.45) is 2.36. The molecule has 0 aliphatic heterocycles. The largest absolute Gasteiger partial charge is 0.486 e. The maximum absolute atomic E-state index is 13.7. The van der Waals surface area contributed by atoms with Gasteiger partial charge in [0.2, 0.25) is 0 Å². The summed E-state index contributed by atoms with van der Waals surface area (Å²) >= 11 is 0. The lowest BCUT2D eigenvalue weighted by atomic mass is 10.2. The van der Waals surface area contributed by atoms with Gasteiger partial charge in [-0.05, 0) is 44.2 Å². The van der Waals surface area contributed by atoms with Gasteiger partial charge >= 0.3 is 0 Å².